The molecule has 18 heteroatoms. The van der Waals surface area contributed by atoms with E-state index in [9.17, 15) is 29.1 Å². The van der Waals surface area contributed by atoms with Crippen molar-refractivity contribution in [3.63, 3.8) is 0 Å². The number of carboxylic acids is 1. The highest BCUT2D eigenvalue weighted by Gasteiger charge is 2.54. The summed E-state index contributed by atoms with van der Waals surface area (Å²) in [5, 5.41) is 31.5. The van der Waals surface area contributed by atoms with E-state index in [2.05, 4.69) is 36.4 Å². The van der Waals surface area contributed by atoms with Crippen LogP contribution < -0.4 is 16.2 Å². The van der Waals surface area contributed by atoms with Crippen molar-refractivity contribution in [3.05, 3.63) is 74.3 Å². The lowest BCUT2D eigenvalue weighted by atomic mass is 10.0. The van der Waals surface area contributed by atoms with Crippen LogP contribution in [0.3, 0.4) is 0 Å². The quantitative estimate of drug-likeness (QED) is 0.184. The van der Waals surface area contributed by atoms with Gasteiger partial charge in [0, 0.05) is 18.6 Å². The number of nitrogens with zero attached hydrogens (tertiary/aromatic N) is 6. The van der Waals surface area contributed by atoms with Gasteiger partial charge in [0.15, 0.2) is 0 Å². The van der Waals surface area contributed by atoms with E-state index in [1.54, 1.807) is 37.4 Å². The Morgan fingerprint density at radius 3 is 2.71 bits per heavy atom. The monoisotopic (exact) mass is 617 g/mol. The maximum absolute atomic E-state index is 13.4. The van der Waals surface area contributed by atoms with Crippen LogP contribution in [0.4, 0.5) is 0 Å². The van der Waals surface area contributed by atoms with Crippen molar-refractivity contribution in [1.82, 2.24) is 45.9 Å². The molecule has 0 bridgehead atoms. The topological polar surface area (TPSA) is 205 Å². The number of aromatic amines is 1. The number of β-lactam (4-membered cyclic amide) rings is 1. The standard InChI is InChI=1S/C23H20ClN9O6S2/c1-32-23(29-30-31-32)41-9-11-8-40-21-15(20(37)33(21)16(11)22(38)39)26-19(36)14(10-5-3-2-4-6-10)25-17(34)12-7-13(24)27-28-18(12)35/h2-7,14-15,21H,8-9H2,1H3,(H,25,34)(H,26,36)(H,28,35)(H,38,39)/t14?,15?,21-/m0/s1. The van der Waals surface area contributed by atoms with Crippen LogP contribution in [-0.4, -0.2) is 87.0 Å². The lowest BCUT2D eigenvalue weighted by molar-refractivity contribution is -0.151. The Morgan fingerprint density at radius 2 is 2.02 bits per heavy atom. The number of thioether (sulfide) groups is 2. The summed E-state index contributed by atoms with van der Waals surface area (Å²) in [6.45, 7) is 0. The molecule has 0 aliphatic carbocycles. The molecule has 15 nitrogen and oxygen atoms in total. The molecule has 3 atom stereocenters. The highest BCUT2D eigenvalue weighted by atomic mass is 35.5. The molecule has 1 saturated heterocycles. The minimum absolute atomic E-state index is 0.127. The van der Waals surface area contributed by atoms with E-state index in [0.717, 1.165) is 11.0 Å². The van der Waals surface area contributed by atoms with Crippen LogP contribution in [0, 0.1) is 0 Å². The highest BCUT2D eigenvalue weighted by molar-refractivity contribution is 8.01. The fourth-order valence-corrected chi connectivity index (χ4v) is 6.72. The summed E-state index contributed by atoms with van der Waals surface area (Å²) in [7, 11) is 1.65. The molecule has 5 rings (SSSR count). The van der Waals surface area contributed by atoms with Crippen molar-refractivity contribution in [2.24, 2.45) is 7.05 Å². The van der Waals surface area contributed by atoms with Crippen molar-refractivity contribution in [1.29, 1.82) is 0 Å². The van der Waals surface area contributed by atoms with Crippen molar-refractivity contribution in [2.45, 2.75) is 22.6 Å². The second-order valence-corrected chi connectivity index (χ2v) is 11.2. The number of halogens is 1. The smallest absolute Gasteiger partial charge is 0.352 e. The molecule has 0 spiro atoms. The third-order valence-corrected chi connectivity index (χ3v) is 8.82. The molecule has 2 aliphatic heterocycles. The SMILES string of the molecule is Cn1nnnc1SCC1=C(C(=O)O)N2C(=O)C(NC(=O)C(NC(=O)c3cc(Cl)n[nH]c3=O)c3ccccc3)[C@@H]2SC1. The second-order valence-electron chi connectivity index (χ2n) is 8.78. The number of aromatic nitrogens is 6. The van der Waals surface area contributed by atoms with Crippen LogP contribution in [0.15, 0.2) is 57.6 Å². The van der Waals surface area contributed by atoms with Gasteiger partial charge in [-0.15, -0.1) is 16.9 Å². The lowest BCUT2D eigenvalue weighted by Crippen LogP contribution is -2.71. The van der Waals surface area contributed by atoms with Crippen LogP contribution in [0.25, 0.3) is 0 Å². The fourth-order valence-electron chi connectivity index (χ4n) is 4.23. The number of aryl methyl sites for hydroxylation is 1. The van der Waals surface area contributed by atoms with Crippen LogP contribution in [0.2, 0.25) is 5.15 Å². The first-order valence-corrected chi connectivity index (χ1v) is 14.2. The molecule has 4 heterocycles. The van der Waals surface area contributed by atoms with Gasteiger partial charge >= 0.3 is 5.97 Å². The number of aliphatic carboxylic acids is 1. The predicted octanol–water partition coefficient (Wildman–Crippen LogP) is -0.0512. The van der Waals surface area contributed by atoms with E-state index in [0.29, 0.717) is 22.0 Å². The molecule has 0 saturated carbocycles. The molecule has 2 aromatic heterocycles. The molecule has 2 unspecified atom stereocenters. The number of carboxylic acid groups (broad SMARTS) is 1. The summed E-state index contributed by atoms with van der Waals surface area (Å²) >= 11 is 8.35. The zero-order valence-corrected chi connectivity index (χ0v) is 23.4. The van der Waals surface area contributed by atoms with Crippen LogP contribution in [0.5, 0.6) is 0 Å². The van der Waals surface area contributed by atoms with Gasteiger partial charge in [-0.05, 0) is 27.6 Å². The maximum atomic E-state index is 13.4. The van der Waals surface area contributed by atoms with E-state index in [4.69, 9.17) is 11.6 Å². The number of carbonyl (C=O) groups is 4. The molecule has 4 N–H and O–H groups in total. The Balaban J connectivity index is 1.33. The number of nitrogens with one attached hydrogen (secondary N) is 3. The number of fused-ring (bicyclic) bond motifs is 1. The number of carbonyl (C=O) groups excluding carboxylic acids is 3. The number of hydrogen-bond acceptors (Lipinski definition) is 11. The Kier molecular flexibility index (Phi) is 8.09. The average Bonchev–Trinajstić information content (AvgIpc) is 3.38. The van der Waals surface area contributed by atoms with Gasteiger partial charge in [0.1, 0.15) is 33.9 Å². The molecule has 212 valence electrons. The van der Waals surface area contributed by atoms with E-state index in [1.807, 2.05) is 0 Å². The summed E-state index contributed by atoms with van der Waals surface area (Å²) in [4.78, 5) is 65.0. The lowest BCUT2D eigenvalue weighted by Gasteiger charge is -2.49. The number of hydrogen-bond donors (Lipinski definition) is 4. The summed E-state index contributed by atoms with van der Waals surface area (Å²) < 4.78 is 1.45. The third-order valence-electron chi connectivity index (χ3n) is 6.19. The first-order chi connectivity index (χ1) is 19.7. The minimum atomic E-state index is -1.29. The summed E-state index contributed by atoms with van der Waals surface area (Å²) in [6, 6.07) is 6.97. The van der Waals surface area contributed by atoms with Gasteiger partial charge in [0.05, 0.1) is 0 Å². The number of amides is 3. The Bertz CT molecular complexity index is 1630. The molecular formula is C23H20ClN9O6S2. The highest BCUT2D eigenvalue weighted by Crippen LogP contribution is 2.41. The average molecular weight is 618 g/mol. The maximum Gasteiger partial charge on any atom is 0.352 e. The normalized spacial score (nSPS) is 18.8. The minimum Gasteiger partial charge on any atom is -0.477 e. The zero-order chi connectivity index (χ0) is 29.3. The van der Waals surface area contributed by atoms with Crippen LogP contribution in [-0.2, 0) is 21.4 Å². The van der Waals surface area contributed by atoms with Gasteiger partial charge in [-0.1, -0.05) is 53.7 Å². The van der Waals surface area contributed by atoms with Crippen molar-refractivity contribution in [3.8, 4) is 0 Å². The number of tetrazole rings is 1. The zero-order valence-electron chi connectivity index (χ0n) is 21.0. The summed E-state index contributed by atoms with van der Waals surface area (Å²) in [5.74, 6) is -2.94. The fraction of sp³-hybridized carbons (Fsp3) is 0.261. The van der Waals surface area contributed by atoms with Gasteiger partial charge in [0.25, 0.3) is 17.4 Å². The number of benzene rings is 1. The summed E-state index contributed by atoms with van der Waals surface area (Å²) in [6.07, 6.45) is 0. The van der Waals surface area contributed by atoms with Gasteiger partial charge in [-0.2, -0.15) is 5.10 Å². The van der Waals surface area contributed by atoms with Gasteiger partial charge in [0.2, 0.25) is 11.1 Å². The first kappa shape index (κ1) is 28.3. The predicted molar refractivity (Wildman–Crippen MR) is 146 cm³/mol. The number of H-pyrrole nitrogens is 1. The first-order valence-electron chi connectivity index (χ1n) is 11.8. The van der Waals surface area contributed by atoms with E-state index in [1.165, 1.54) is 28.2 Å². The summed E-state index contributed by atoms with van der Waals surface area (Å²) in [5.41, 5.74) is -0.404. The van der Waals surface area contributed by atoms with E-state index < -0.39 is 46.7 Å². The van der Waals surface area contributed by atoms with Crippen molar-refractivity contribution in [2.75, 3.05) is 11.5 Å². The largest absolute Gasteiger partial charge is 0.477 e. The second kappa shape index (κ2) is 11.7. The Morgan fingerprint density at radius 1 is 1.27 bits per heavy atom. The van der Waals surface area contributed by atoms with E-state index >= 15 is 0 Å². The van der Waals surface area contributed by atoms with Crippen LogP contribution >= 0.6 is 35.1 Å². The molecular weight excluding hydrogens is 598 g/mol. The van der Waals surface area contributed by atoms with Gasteiger partial charge in [-0.25, -0.2) is 14.6 Å². The van der Waals surface area contributed by atoms with E-state index in [-0.39, 0.29) is 22.2 Å². The molecule has 0 radical (unpaired) electrons. The molecule has 41 heavy (non-hydrogen) atoms. The van der Waals surface area contributed by atoms with Crippen molar-refractivity contribution < 1.29 is 24.3 Å². The van der Waals surface area contributed by atoms with Gasteiger partial charge in [-0.3, -0.25) is 24.1 Å². The molecule has 3 aromatic rings. The van der Waals surface area contributed by atoms with Crippen LogP contribution in [0.1, 0.15) is 22.0 Å². The number of rotatable bonds is 9. The van der Waals surface area contributed by atoms with Gasteiger partial charge < -0.3 is 15.7 Å². The Labute approximate surface area is 244 Å². The third kappa shape index (κ3) is 5.68. The molecule has 1 aromatic carbocycles. The molecule has 3 amide bonds. The Hall–Kier alpha value is -4.22. The van der Waals surface area contributed by atoms with Crippen molar-refractivity contribution >= 4 is 58.8 Å². The molecule has 2 aliphatic rings. The molecule has 1 fully saturated rings.